The van der Waals surface area contributed by atoms with E-state index in [0.717, 1.165) is 5.56 Å². The third-order valence-electron chi connectivity index (χ3n) is 2.78. The molecule has 0 bridgehead atoms. The lowest BCUT2D eigenvalue weighted by molar-refractivity contribution is -0.0868. The van der Waals surface area contributed by atoms with Crippen LogP contribution in [0.5, 0.6) is 0 Å². The van der Waals surface area contributed by atoms with Gasteiger partial charge in [-0.25, -0.2) is 0 Å². The second-order valence-electron chi connectivity index (χ2n) is 4.15. The molecule has 1 aliphatic heterocycles. The molecule has 2 atom stereocenters. The van der Waals surface area contributed by atoms with Crippen molar-refractivity contribution < 1.29 is 14.6 Å². The summed E-state index contributed by atoms with van der Waals surface area (Å²) in [6.45, 7) is 3.22. The molecule has 2 unspecified atom stereocenters. The molecule has 1 aromatic rings. The van der Waals surface area contributed by atoms with Crippen molar-refractivity contribution in [3.8, 4) is 0 Å². The molecule has 94 valence electrons. The lowest BCUT2D eigenvalue weighted by Crippen LogP contribution is -2.38. The quantitative estimate of drug-likeness (QED) is 0.792. The highest BCUT2D eigenvalue weighted by atomic mass is 16.6. The Kier molecular flexibility index (Phi) is 4.94. The van der Waals surface area contributed by atoms with Gasteiger partial charge in [-0.2, -0.15) is 0 Å². The Morgan fingerprint density at radius 2 is 2.12 bits per heavy atom. The van der Waals surface area contributed by atoms with Crippen molar-refractivity contribution in [2.45, 2.75) is 12.2 Å². The monoisotopic (exact) mass is 237 g/mol. The first-order valence-electron chi connectivity index (χ1n) is 5.99. The summed E-state index contributed by atoms with van der Waals surface area (Å²) >= 11 is 0. The maximum atomic E-state index is 9.92. The maximum absolute atomic E-state index is 9.92. The number of benzene rings is 1. The Labute approximate surface area is 102 Å². The largest absolute Gasteiger partial charge is 0.387 e. The van der Waals surface area contributed by atoms with Crippen LogP contribution in [0.4, 0.5) is 0 Å². The predicted octanol–water partition coefficient (Wildman–Crippen LogP) is 0.725. The summed E-state index contributed by atoms with van der Waals surface area (Å²) in [4.78, 5) is 0. The van der Waals surface area contributed by atoms with Gasteiger partial charge >= 0.3 is 0 Å². The van der Waals surface area contributed by atoms with E-state index in [-0.39, 0.29) is 6.10 Å². The van der Waals surface area contributed by atoms with Gasteiger partial charge in [0.25, 0.3) is 0 Å². The lowest BCUT2D eigenvalue weighted by Gasteiger charge is -2.23. The van der Waals surface area contributed by atoms with Crippen LogP contribution >= 0.6 is 0 Å². The molecule has 1 fully saturated rings. The van der Waals surface area contributed by atoms with Crippen LogP contribution in [-0.4, -0.2) is 44.1 Å². The fourth-order valence-electron chi connectivity index (χ4n) is 1.83. The third kappa shape index (κ3) is 4.09. The molecule has 4 heteroatoms. The van der Waals surface area contributed by atoms with Gasteiger partial charge in [0.1, 0.15) is 0 Å². The summed E-state index contributed by atoms with van der Waals surface area (Å²) in [5, 5.41) is 13.1. The van der Waals surface area contributed by atoms with Crippen molar-refractivity contribution in [1.82, 2.24) is 5.32 Å². The second-order valence-corrected chi connectivity index (χ2v) is 4.15. The zero-order valence-corrected chi connectivity index (χ0v) is 9.84. The molecule has 1 saturated heterocycles. The Morgan fingerprint density at radius 3 is 2.82 bits per heavy atom. The zero-order valence-electron chi connectivity index (χ0n) is 9.84. The fourth-order valence-corrected chi connectivity index (χ4v) is 1.83. The van der Waals surface area contributed by atoms with Crippen molar-refractivity contribution >= 4 is 0 Å². The molecule has 0 aliphatic carbocycles. The molecule has 1 aromatic carbocycles. The molecule has 0 radical (unpaired) electrons. The van der Waals surface area contributed by atoms with Crippen LogP contribution in [0.25, 0.3) is 0 Å². The number of nitrogens with one attached hydrogen (secondary N) is 1. The van der Waals surface area contributed by atoms with Crippen molar-refractivity contribution in [2.75, 3.05) is 32.9 Å². The van der Waals surface area contributed by atoms with Gasteiger partial charge in [0, 0.05) is 13.1 Å². The van der Waals surface area contributed by atoms with E-state index in [1.54, 1.807) is 0 Å². The highest BCUT2D eigenvalue weighted by Gasteiger charge is 2.14. The zero-order chi connectivity index (χ0) is 11.9. The van der Waals surface area contributed by atoms with Gasteiger partial charge < -0.3 is 19.9 Å². The summed E-state index contributed by atoms with van der Waals surface area (Å²) in [6, 6.07) is 9.64. The predicted molar refractivity (Wildman–Crippen MR) is 64.8 cm³/mol. The van der Waals surface area contributed by atoms with Crippen LogP contribution in [-0.2, 0) is 9.47 Å². The normalized spacial score (nSPS) is 22.3. The number of rotatable bonds is 5. The lowest BCUT2D eigenvalue weighted by atomic mass is 10.1. The van der Waals surface area contributed by atoms with Crippen molar-refractivity contribution in [2.24, 2.45) is 0 Å². The molecular weight excluding hydrogens is 218 g/mol. The second kappa shape index (κ2) is 6.71. The highest BCUT2D eigenvalue weighted by Crippen LogP contribution is 2.10. The SMILES string of the molecule is OC(CNCC1COCCO1)c1ccccc1. The summed E-state index contributed by atoms with van der Waals surface area (Å²) in [6.07, 6.45) is -0.368. The molecule has 2 N–H and O–H groups in total. The molecular formula is C13H19NO3. The van der Waals surface area contributed by atoms with Crippen LogP contribution < -0.4 is 5.32 Å². The van der Waals surface area contributed by atoms with E-state index >= 15 is 0 Å². The molecule has 0 saturated carbocycles. The fraction of sp³-hybridized carbons (Fsp3) is 0.538. The molecule has 2 rings (SSSR count). The van der Waals surface area contributed by atoms with Crippen molar-refractivity contribution in [1.29, 1.82) is 0 Å². The minimum Gasteiger partial charge on any atom is -0.387 e. The molecule has 4 nitrogen and oxygen atoms in total. The van der Waals surface area contributed by atoms with Crippen LogP contribution in [0.3, 0.4) is 0 Å². The van der Waals surface area contributed by atoms with Gasteiger partial charge in [-0.1, -0.05) is 30.3 Å². The van der Waals surface area contributed by atoms with Gasteiger partial charge in [-0.05, 0) is 5.56 Å². The minimum atomic E-state index is -0.472. The van der Waals surface area contributed by atoms with Gasteiger partial charge in [0.2, 0.25) is 0 Å². The van der Waals surface area contributed by atoms with E-state index in [1.807, 2.05) is 30.3 Å². The van der Waals surface area contributed by atoms with E-state index in [0.29, 0.717) is 32.9 Å². The molecule has 0 amide bonds. The van der Waals surface area contributed by atoms with Gasteiger partial charge in [-0.15, -0.1) is 0 Å². The molecule has 0 spiro atoms. The van der Waals surface area contributed by atoms with E-state index in [1.165, 1.54) is 0 Å². The first kappa shape index (κ1) is 12.5. The number of aliphatic hydroxyl groups excluding tert-OH is 1. The minimum absolute atomic E-state index is 0.103. The summed E-state index contributed by atoms with van der Waals surface area (Å²) in [5.41, 5.74) is 0.931. The van der Waals surface area contributed by atoms with Crippen molar-refractivity contribution in [3.63, 3.8) is 0 Å². The number of hydrogen-bond donors (Lipinski definition) is 2. The Balaban J connectivity index is 1.67. The standard InChI is InChI=1S/C13H19NO3/c15-13(11-4-2-1-3-5-11)9-14-8-12-10-16-6-7-17-12/h1-5,12-15H,6-10H2. The summed E-state index contributed by atoms with van der Waals surface area (Å²) in [5.74, 6) is 0. The van der Waals surface area contributed by atoms with E-state index in [4.69, 9.17) is 9.47 Å². The third-order valence-corrected chi connectivity index (χ3v) is 2.78. The number of ether oxygens (including phenoxy) is 2. The average Bonchev–Trinajstić information content (AvgIpc) is 2.41. The molecule has 1 heterocycles. The maximum Gasteiger partial charge on any atom is 0.0933 e. The van der Waals surface area contributed by atoms with E-state index < -0.39 is 6.10 Å². The van der Waals surface area contributed by atoms with E-state index in [9.17, 15) is 5.11 Å². The topological polar surface area (TPSA) is 50.7 Å². The number of hydrogen-bond acceptors (Lipinski definition) is 4. The molecule has 0 aromatic heterocycles. The van der Waals surface area contributed by atoms with Crippen LogP contribution in [0.1, 0.15) is 11.7 Å². The summed E-state index contributed by atoms with van der Waals surface area (Å²) < 4.78 is 10.8. The first-order chi connectivity index (χ1) is 8.36. The Bertz CT molecular complexity index is 312. The number of aliphatic hydroxyl groups is 1. The first-order valence-corrected chi connectivity index (χ1v) is 5.99. The van der Waals surface area contributed by atoms with Crippen LogP contribution in [0.2, 0.25) is 0 Å². The van der Waals surface area contributed by atoms with Crippen LogP contribution in [0, 0.1) is 0 Å². The Morgan fingerprint density at radius 1 is 1.29 bits per heavy atom. The van der Waals surface area contributed by atoms with Crippen LogP contribution in [0.15, 0.2) is 30.3 Å². The smallest absolute Gasteiger partial charge is 0.0933 e. The highest BCUT2D eigenvalue weighted by molar-refractivity contribution is 5.17. The van der Waals surface area contributed by atoms with Gasteiger partial charge in [0.05, 0.1) is 32.0 Å². The van der Waals surface area contributed by atoms with E-state index in [2.05, 4.69) is 5.32 Å². The van der Waals surface area contributed by atoms with Gasteiger partial charge in [-0.3, -0.25) is 0 Å². The van der Waals surface area contributed by atoms with Gasteiger partial charge in [0.15, 0.2) is 0 Å². The average molecular weight is 237 g/mol. The summed E-state index contributed by atoms with van der Waals surface area (Å²) in [7, 11) is 0. The molecule has 17 heavy (non-hydrogen) atoms. The van der Waals surface area contributed by atoms with Crippen molar-refractivity contribution in [3.05, 3.63) is 35.9 Å². The molecule has 1 aliphatic rings. The Hall–Kier alpha value is -0.940.